The van der Waals surface area contributed by atoms with Gasteiger partial charge in [0.2, 0.25) is 0 Å². The normalized spacial score (nSPS) is 16.3. The van der Waals surface area contributed by atoms with Crippen LogP contribution < -0.4 is 14.2 Å². The highest BCUT2D eigenvalue weighted by Crippen LogP contribution is 2.37. The zero-order valence-corrected chi connectivity index (χ0v) is 16.5. The molecule has 1 amide bonds. The van der Waals surface area contributed by atoms with Gasteiger partial charge in [-0.05, 0) is 61.6 Å². The number of hydrogen-bond acceptors (Lipinski definition) is 4. The number of methoxy groups -OCH3 is 2. The fourth-order valence-electron chi connectivity index (χ4n) is 3.57. The van der Waals surface area contributed by atoms with Gasteiger partial charge in [0.15, 0.2) is 18.1 Å². The fraction of sp³-hybridized carbons (Fsp3) is 0.409. The predicted octanol–water partition coefficient (Wildman–Crippen LogP) is 4.06. The summed E-state index contributed by atoms with van der Waals surface area (Å²) in [6.45, 7) is 4.84. The number of carbonyl (C=O) groups is 1. The molecule has 1 fully saturated rings. The topological polar surface area (TPSA) is 48.0 Å². The number of nitrogens with zero attached hydrogens (tertiary/aromatic N) is 1. The molecule has 3 rings (SSSR count). The van der Waals surface area contributed by atoms with Crippen molar-refractivity contribution in [3.05, 3.63) is 53.1 Å². The van der Waals surface area contributed by atoms with Crippen molar-refractivity contribution in [3.8, 4) is 17.2 Å². The third-order valence-corrected chi connectivity index (χ3v) is 5.27. The van der Waals surface area contributed by atoms with E-state index in [0.29, 0.717) is 11.5 Å². The van der Waals surface area contributed by atoms with E-state index in [4.69, 9.17) is 14.2 Å². The summed E-state index contributed by atoms with van der Waals surface area (Å²) in [7, 11) is 3.24. The maximum Gasteiger partial charge on any atom is 0.261 e. The highest BCUT2D eigenvalue weighted by atomic mass is 16.5. The lowest BCUT2D eigenvalue weighted by molar-refractivity contribution is -0.134. The van der Waals surface area contributed by atoms with Gasteiger partial charge in [0.05, 0.1) is 20.3 Å². The van der Waals surface area contributed by atoms with E-state index in [9.17, 15) is 4.79 Å². The van der Waals surface area contributed by atoms with Crippen LogP contribution in [0.15, 0.2) is 36.4 Å². The Morgan fingerprint density at radius 3 is 2.59 bits per heavy atom. The van der Waals surface area contributed by atoms with Crippen LogP contribution in [0.5, 0.6) is 17.2 Å². The van der Waals surface area contributed by atoms with Crippen molar-refractivity contribution in [1.82, 2.24) is 4.90 Å². The molecule has 0 N–H and O–H groups in total. The molecule has 0 aliphatic carbocycles. The van der Waals surface area contributed by atoms with Gasteiger partial charge in [-0.3, -0.25) is 4.79 Å². The summed E-state index contributed by atoms with van der Waals surface area (Å²) in [6, 6.07) is 11.8. The highest BCUT2D eigenvalue weighted by molar-refractivity contribution is 5.78. The number of rotatable bonds is 6. The molecular formula is C22H27NO4. The van der Waals surface area contributed by atoms with Gasteiger partial charge in [-0.1, -0.05) is 18.2 Å². The average Bonchev–Trinajstić information content (AvgIpc) is 3.18. The summed E-state index contributed by atoms with van der Waals surface area (Å²) in [5.74, 6) is 2.15. The van der Waals surface area contributed by atoms with Crippen LogP contribution in [0.3, 0.4) is 0 Å². The van der Waals surface area contributed by atoms with Gasteiger partial charge < -0.3 is 19.1 Å². The molecule has 1 unspecified atom stereocenters. The Morgan fingerprint density at radius 1 is 1.07 bits per heavy atom. The van der Waals surface area contributed by atoms with Crippen LogP contribution in [0.2, 0.25) is 0 Å². The first-order valence-corrected chi connectivity index (χ1v) is 9.25. The Balaban J connectivity index is 1.72. The van der Waals surface area contributed by atoms with Crippen molar-refractivity contribution in [1.29, 1.82) is 0 Å². The zero-order chi connectivity index (χ0) is 19.4. The molecule has 0 bridgehead atoms. The minimum absolute atomic E-state index is 0.00758. The van der Waals surface area contributed by atoms with Crippen molar-refractivity contribution in [3.63, 3.8) is 0 Å². The summed E-state index contributed by atoms with van der Waals surface area (Å²) in [5, 5.41) is 0. The lowest BCUT2D eigenvalue weighted by Crippen LogP contribution is -2.34. The molecule has 0 aromatic heterocycles. The molecule has 2 aromatic rings. The van der Waals surface area contributed by atoms with Crippen LogP contribution in [0.1, 0.15) is 35.6 Å². The van der Waals surface area contributed by atoms with Crippen LogP contribution in [0.25, 0.3) is 0 Å². The average molecular weight is 369 g/mol. The van der Waals surface area contributed by atoms with Crippen molar-refractivity contribution >= 4 is 5.91 Å². The smallest absolute Gasteiger partial charge is 0.261 e. The molecule has 1 aliphatic rings. The summed E-state index contributed by atoms with van der Waals surface area (Å²) in [4.78, 5) is 14.7. The molecule has 0 spiro atoms. The second-order valence-corrected chi connectivity index (χ2v) is 6.85. The molecule has 27 heavy (non-hydrogen) atoms. The van der Waals surface area contributed by atoms with Crippen LogP contribution in [0.4, 0.5) is 0 Å². The first-order valence-electron chi connectivity index (χ1n) is 9.25. The first-order chi connectivity index (χ1) is 13.0. The summed E-state index contributed by atoms with van der Waals surface area (Å²) in [5.41, 5.74) is 3.29. The molecule has 144 valence electrons. The highest BCUT2D eigenvalue weighted by Gasteiger charge is 2.30. The van der Waals surface area contributed by atoms with Gasteiger partial charge in [-0.15, -0.1) is 0 Å². The first kappa shape index (κ1) is 19.1. The standard InChI is InChI=1S/C22H27NO4/c1-15-7-5-9-19(16(15)2)27-14-22(24)23-12-6-8-18(23)17-10-11-20(25-3)21(13-17)26-4/h5,7,9-11,13,18H,6,8,12,14H2,1-4H3. The van der Waals surface area contributed by atoms with Gasteiger partial charge in [0.25, 0.3) is 5.91 Å². The maximum atomic E-state index is 12.8. The summed E-state index contributed by atoms with van der Waals surface area (Å²) in [6.07, 6.45) is 1.92. The third-order valence-electron chi connectivity index (χ3n) is 5.27. The number of carbonyl (C=O) groups excluding carboxylic acids is 1. The molecule has 0 saturated carbocycles. The Labute approximate surface area is 160 Å². The van der Waals surface area contributed by atoms with Crippen LogP contribution >= 0.6 is 0 Å². The number of likely N-dealkylation sites (tertiary alicyclic amines) is 1. The molecule has 5 heteroatoms. The molecule has 5 nitrogen and oxygen atoms in total. The van der Waals surface area contributed by atoms with Gasteiger partial charge in [-0.25, -0.2) is 0 Å². The second kappa shape index (κ2) is 8.33. The lowest BCUT2D eigenvalue weighted by Gasteiger charge is -2.26. The molecule has 1 saturated heterocycles. The minimum atomic E-state index is 0.00758. The zero-order valence-electron chi connectivity index (χ0n) is 16.5. The van der Waals surface area contributed by atoms with Crippen molar-refractivity contribution < 1.29 is 19.0 Å². The Bertz CT molecular complexity index is 818. The van der Waals surface area contributed by atoms with E-state index in [2.05, 4.69) is 0 Å². The van der Waals surface area contributed by atoms with Crippen LogP contribution in [-0.2, 0) is 4.79 Å². The van der Waals surface area contributed by atoms with E-state index in [1.807, 2.05) is 55.1 Å². The lowest BCUT2D eigenvalue weighted by atomic mass is 10.0. The van der Waals surface area contributed by atoms with Gasteiger partial charge >= 0.3 is 0 Å². The third kappa shape index (κ3) is 4.02. The maximum absolute atomic E-state index is 12.8. The van der Waals surface area contributed by atoms with E-state index in [1.54, 1.807) is 14.2 Å². The predicted molar refractivity (Wildman–Crippen MR) is 105 cm³/mol. The van der Waals surface area contributed by atoms with Crippen molar-refractivity contribution in [2.75, 3.05) is 27.4 Å². The molecule has 1 heterocycles. The number of ether oxygens (including phenoxy) is 3. The number of benzene rings is 2. The van der Waals surface area contributed by atoms with Crippen molar-refractivity contribution in [2.45, 2.75) is 32.7 Å². The number of hydrogen-bond donors (Lipinski definition) is 0. The number of amides is 1. The van der Waals surface area contributed by atoms with E-state index in [-0.39, 0.29) is 18.6 Å². The van der Waals surface area contributed by atoms with Crippen LogP contribution in [-0.4, -0.2) is 38.2 Å². The minimum Gasteiger partial charge on any atom is -0.493 e. The van der Waals surface area contributed by atoms with E-state index >= 15 is 0 Å². The van der Waals surface area contributed by atoms with Gasteiger partial charge in [-0.2, -0.15) is 0 Å². The van der Waals surface area contributed by atoms with Crippen molar-refractivity contribution in [2.24, 2.45) is 0 Å². The monoisotopic (exact) mass is 369 g/mol. The van der Waals surface area contributed by atoms with Gasteiger partial charge in [0, 0.05) is 6.54 Å². The summed E-state index contributed by atoms with van der Waals surface area (Å²) < 4.78 is 16.5. The molecule has 2 aromatic carbocycles. The molecule has 1 atom stereocenters. The quantitative estimate of drug-likeness (QED) is 0.770. The second-order valence-electron chi connectivity index (χ2n) is 6.85. The van der Waals surface area contributed by atoms with E-state index < -0.39 is 0 Å². The molecule has 1 aliphatic heterocycles. The van der Waals surface area contributed by atoms with E-state index in [1.165, 1.54) is 0 Å². The molecule has 0 radical (unpaired) electrons. The van der Waals surface area contributed by atoms with Gasteiger partial charge in [0.1, 0.15) is 5.75 Å². The van der Waals surface area contributed by atoms with E-state index in [0.717, 1.165) is 41.8 Å². The SMILES string of the molecule is COc1ccc(C2CCCN2C(=O)COc2cccc(C)c2C)cc1OC. The summed E-state index contributed by atoms with van der Waals surface area (Å²) >= 11 is 0. The largest absolute Gasteiger partial charge is 0.493 e. The Morgan fingerprint density at radius 2 is 1.85 bits per heavy atom. The fourth-order valence-corrected chi connectivity index (χ4v) is 3.57. The van der Waals surface area contributed by atoms with Crippen LogP contribution in [0, 0.1) is 13.8 Å². The number of aryl methyl sites for hydroxylation is 1. The molecular weight excluding hydrogens is 342 g/mol. The Kier molecular flexibility index (Phi) is 5.89. The Hall–Kier alpha value is -2.69.